The molecule has 0 radical (unpaired) electrons. The molecule has 2 rings (SSSR count). The molecule has 0 spiro atoms. The van der Waals surface area contributed by atoms with Crippen LogP contribution in [0.15, 0.2) is 42.5 Å². The number of hydrogen-bond donors (Lipinski definition) is 2. The molecule has 0 unspecified atom stereocenters. The van der Waals surface area contributed by atoms with Gasteiger partial charge >= 0.3 is 0 Å². The van der Waals surface area contributed by atoms with Gasteiger partial charge in [0.1, 0.15) is 18.2 Å². The van der Waals surface area contributed by atoms with E-state index in [4.69, 9.17) is 22.2 Å². The highest BCUT2D eigenvalue weighted by atomic mass is 35.5. The molecule has 0 aliphatic rings. The average Bonchev–Trinajstić information content (AvgIpc) is 2.45. The van der Waals surface area contributed by atoms with Crippen molar-refractivity contribution in [3.8, 4) is 5.75 Å². The van der Waals surface area contributed by atoms with E-state index in [-0.39, 0.29) is 17.7 Å². The number of halogens is 2. The molecule has 0 heterocycles. The Morgan fingerprint density at radius 3 is 2.80 bits per heavy atom. The number of carbonyl (C=O) groups excluding carboxylic acids is 1. The highest BCUT2D eigenvalue weighted by Crippen LogP contribution is 2.19. The van der Waals surface area contributed by atoms with Crippen LogP contribution in [0, 0.1) is 5.82 Å². The van der Waals surface area contributed by atoms with Crippen molar-refractivity contribution < 1.29 is 13.9 Å². The lowest BCUT2D eigenvalue weighted by Crippen LogP contribution is -2.30. The van der Waals surface area contributed by atoms with Crippen molar-refractivity contribution in [2.45, 2.75) is 6.61 Å². The van der Waals surface area contributed by atoms with E-state index in [0.29, 0.717) is 10.8 Å². The van der Waals surface area contributed by atoms with Crippen molar-refractivity contribution in [1.29, 1.82) is 0 Å². The largest absolute Gasteiger partial charge is 0.489 e. The van der Waals surface area contributed by atoms with E-state index in [1.54, 1.807) is 24.3 Å². The summed E-state index contributed by atoms with van der Waals surface area (Å²) < 4.78 is 19.1. The summed E-state index contributed by atoms with van der Waals surface area (Å²) in [5.74, 6) is 4.60. The number of hydrogen-bond acceptors (Lipinski definition) is 3. The Kier molecular flexibility index (Phi) is 4.55. The Morgan fingerprint density at radius 1 is 1.30 bits per heavy atom. The van der Waals surface area contributed by atoms with Crippen LogP contribution in [0.5, 0.6) is 5.75 Å². The van der Waals surface area contributed by atoms with E-state index >= 15 is 0 Å². The SMILES string of the molecule is NNC(=O)c1ccc(F)c(COc2cccc(Cl)c2)c1. The van der Waals surface area contributed by atoms with Crippen LogP contribution < -0.4 is 16.0 Å². The third kappa shape index (κ3) is 3.46. The Morgan fingerprint density at radius 2 is 2.10 bits per heavy atom. The molecule has 0 aliphatic heterocycles. The predicted molar refractivity (Wildman–Crippen MR) is 73.8 cm³/mol. The fraction of sp³-hybridized carbons (Fsp3) is 0.0714. The zero-order valence-corrected chi connectivity index (χ0v) is 11.2. The molecule has 2 aromatic carbocycles. The second kappa shape index (κ2) is 6.36. The van der Waals surface area contributed by atoms with Gasteiger partial charge in [-0.25, -0.2) is 10.2 Å². The lowest BCUT2D eigenvalue weighted by molar-refractivity contribution is 0.0953. The van der Waals surface area contributed by atoms with Crippen LogP contribution in [-0.4, -0.2) is 5.91 Å². The Bertz CT molecular complexity index is 634. The Labute approximate surface area is 120 Å². The van der Waals surface area contributed by atoms with Gasteiger partial charge in [0, 0.05) is 16.1 Å². The van der Waals surface area contributed by atoms with Gasteiger partial charge in [0.2, 0.25) is 0 Å². The normalized spacial score (nSPS) is 10.2. The summed E-state index contributed by atoms with van der Waals surface area (Å²) in [4.78, 5) is 11.4. The van der Waals surface area contributed by atoms with Gasteiger partial charge in [-0.3, -0.25) is 10.2 Å². The van der Waals surface area contributed by atoms with Gasteiger partial charge in [-0.2, -0.15) is 0 Å². The van der Waals surface area contributed by atoms with Crippen LogP contribution in [0.1, 0.15) is 15.9 Å². The molecule has 0 fully saturated rings. The van der Waals surface area contributed by atoms with E-state index in [1.807, 2.05) is 5.43 Å². The summed E-state index contributed by atoms with van der Waals surface area (Å²) in [6, 6.07) is 10.7. The number of nitrogens with one attached hydrogen (secondary N) is 1. The minimum atomic E-state index is -0.492. The molecule has 4 nitrogen and oxygen atoms in total. The number of amides is 1. The number of carbonyl (C=O) groups is 1. The van der Waals surface area contributed by atoms with Crippen LogP contribution in [0.25, 0.3) is 0 Å². The second-order valence-corrected chi connectivity index (χ2v) is 4.46. The number of nitrogen functional groups attached to an aromatic ring is 1. The first kappa shape index (κ1) is 14.3. The second-order valence-electron chi connectivity index (χ2n) is 4.03. The summed E-state index contributed by atoms with van der Waals surface area (Å²) in [6.45, 7) is -0.0160. The molecule has 3 N–H and O–H groups in total. The minimum absolute atomic E-state index is 0.0160. The lowest BCUT2D eigenvalue weighted by atomic mass is 10.1. The minimum Gasteiger partial charge on any atom is -0.489 e. The van der Waals surface area contributed by atoms with Gasteiger partial charge in [-0.05, 0) is 36.4 Å². The molecule has 0 bridgehead atoms. The Balaban J connectivity index is 2.14. The number of rotatable bonds is 4. The number of hydrazine groups is 1. The van der Waals surface area contributed by atoms with Crippen molar-refractivity contribution in [1.82, 2.24) is 5.43 Å². The standard InChI is InChI=1S/C14H12ClFN2O2/c15-11-2-1-3-12(7-11)20-8-10-6-9(14(19)18-17)4-5-13(10)16/h1-7H,8,17H2,(H,18,19). The predicted octanol–water partition coefficient (Wildman–Crippen LogP) is 2.66. The van der Waals surface area contributed by atoms with Crippen molar-refractivity contribution in [2.24, 2.45) is 5.84 Å². The molecule has 104 valence electrons. The third-order valence-electron chi connectivity index (χ3n) is 2.63. The van der Waals surface area contributed by atoms with Crippen LogP contribution in [0.3, 0.4) is 0 Å². The van der Waals surface area contributed by atoms with Crippen LogP contribution in [0.2, 0.25) is 5.02 Å². The van der Waals surface area contributed by atoms with Crippen LogP contribution in [0.4, 0.5) is 4.39 Å². The topological polar surface area (TPSA) is 64.3 Å². The van der Waals surface area contributed by atoms with Gasteiger partial charge in [-0.1, -0.05) is 17.7 Å². The molecule has 1 amide bonds. The van der Waals surface area contributed by atoms with Gasteiger partial charge in [-0.15, -0.1) is 0 Å². The zero-order chi connectivity index (χ0) is 14.5. The molecule has 0 saturated heterocycles. The summed E-state index contributed by atoms with van der Waals surface area (Å²) in [5, 5.41) is 0.527. The highest BCUT2D eigenvalue weighted by Gasteiger charge is 2.09. The first-order valence-electron chi connectivity index (χ1n) is 5.78. The molecular weight excluding hydrogens is 283 g/mol. The van der Waals surface area contributed by atoms with E-state index in [9.17, 15) is 9.18 Å². The molecule has 6 heteroatoms. The van der Waals surface area contributed by atoms with E-state index < -0.39 is 11.7 Å². The maximum Gasteiger partial charge on any atom is 0.265 e. The summed E-state index contributed by atoms with van der Waals surface area (Å²) in [6.07, 6.45) is 0. The monoisotopic (exact) mass is 294 g/mol. The summed E-state index contributed by atoms with van der Waals surface area (Å²) >= 11 is 5.82. The van der Waals surface area contributed by atoms with Crippen molar-refractivity contribution in [3.63, 3.8) is 0 Å². The molecule has 0 atom stereocenters. The summed E-state index contributed by atoms with van der Waals surface area (Å²) in [7, 11) is 0. The van der Waals surface area contributed by atoms with E-state index in [1.165, 1.54) is 18.2 Å². The first-order chi connectivity index (χ1) is 9.60. The molecule has 0 saturated carbocycles. The van der Waals surface area contributed by atoms with E-state index in [2.05, 4.69) is 0 Å². The highest BCUT2D eigenvalue weighted by molar-refractivity contribution is 6.30. The van der Waals surface area contributed by atoms with Gasteiger partial charge in [0.25, 0.3) is 5.91 Å². The van der Waals surface area contributed by atoms with Crippen molar-refractivity contribution in [3.05, 3.63) is 64.4 Å². The van der Waals surface area contributed by atoms with Crippen LogP contribution >= 0.6 is 11.6 Å². The summed E-state index contributed by atoms with van der Waals surface area (Å²) in [5.41, 5.74) is 2.51. The molecule has 20 heavy (non-hydrogen) atoms. The van der Waals surface area contributed by atoms with Gasteiger partial charge < -0.3 is 4.74 Å². The number of ether oxygens (including phenoxy) is 1. The average molecular weight is 295 g/mol. The van der Waals surface area contributed by atoms with Crippen LogP contribution in [-0.2, 0) is 6.61 Å². The number of nitrogens with two attached hydrogens (primary N) is 1. The van der Waals surface area contributed by atoms with Crippen molar-refractivity contribution >= 4 is 17.5 Å². The Hall–Kier alpha value is -2.11. The van der Waals surface area contributed by atoms with E-state index in [0.717, 1.165) is 0 Å². The van der Waals surface area contributed by atoms with Gasteiger partial charge in [0.05, 0.1) is 0 Å². The quantitative estimate of drug-likeness (QED) is 0.518. The van der Waals surface area contributed by atoms with Crippen molar-refractivity contribution in [2.75, 3.05) is 0 Å². The fourth-order valence-corrected chi connectivity index (χ4v) is 1.81. The lowest BCUT2D eigenvalue weighted by Gasteiger charge is -2.09. The molecule has 2 aromatic rings. The fourth-order valence-electron chi connectivity index (χ4n) is 1.63. The molecule has 0 aromatic heterocycles. The third-order valence-corrected chi connectivity index (χ3v) is 2.86. The first-order valence-corrected chi connectivity index (χ1v) is 6.15. The molecule has 0 aliphatic carbocycles. The molecular formula is C14H12ClFN2O2. The zero-order valence-electron chi connectivity index (χ0n) is 10.4. The maximum absolute atomic E-state index is 13.6. The number of benzene rings is 2. The van der Waals surface area contributed by atoms with Gasteiger partial charge in [0.15, 0.2) is 0 Å². The smallest absolute Gasteiger partial charge is 0.265 e. The maximum atomic E-state index is 13.6.